The van der Waals surface area contributed by atoms with Gasteiger partial charge in [-0.15, -0.1) is 0 Å². The Balaban J connectivity index is 1.26. The number of anilines is 1. The van der Waals surface area contributed by atoms with E-state index in [1.54, 1.807) is 0 Å². The molecule has 0 bridgehead atoms. The van der Waals surface area contributed by atoms with Gasteiger partial charge in [0, 0.05) is 50.7 Å². The van der Waals surface area contributed by atoms with E-state index in [9.17, 15) is 0 Å². The smallest absolute Gasteiger partial charge is 0.213 e. The van der Waals surface area contributed by atoms with E-state index in [-0.39, 0.29) is 0 Å². The summed E-state index contributed by atoms with van der Waals surface area (Å²) in [7, 11) is 1.82. The van der Waals surface area contributed by atoms with Gasteiger partial charge < -0.3 is 20.3 Å². The maximum absolute atomic E-state index is 6.02. The first-order valence-electron chi connectivity index (χ1n) is 10.7. The molecule has 4 rings (SSSR count). The van der Waals surface area contributed by atoms with E-state index in [1.807, 2.05) is 25.4 Å². The predicted molar refractivity (Wildman–Crippen MR) is 118 cm³/mol. The number of pyridine rings is 1. The highest BCUT2D eigenvalue weighted by Crippen LogP contribution is 2.23. The highest BCUT2D eigenvalue weighted by atomic mass is 16.5. The number of guanidine groups is 1. The molecule has 2 fully saturated rings. The van der Waals surface area contributed by atoms with Gasteiger partial charge in [0.25, 0.3) is 0 Å². The van der Waals surface area contributed by atoms with Crippen LogP contribution in [0.4, 0.5) is 5.69 Å². The van der Waals surface area contributed by atoms with Crippen molar-refractivity contribution in [2.75, 3.05) is 25.0 Å². The topological polar surface area (TPSA) is 61.8 Å². The van der Waals surface area contributed by atoms with E-state index in [0.717, 1.165) is 49.8 Å². The van der Waals surface area contributed by atoms with E-state index in [4.69, 9.17) is 4.74 Å². The second-order valence-corrected chi connectivity index (χ2v) is 7.86. The Labute approximate surface area is 173 Å². The summed E-state index contributed by atoms with van der Waals surface area (Å²) in [6, 6.07) is 15.0. The number of nitrogens with zero attached hydrogens (tertiary/aromatic N) is 3. The standard InChI is InChI=1S/C23H31N5O/c1-24-23(27-19-12-14-28(17-19)20-7-3-2-4-8-20)26-16-18-11-13-25-22(15-18)29-21-9-5-6-10-21/h2-4,7-8,11,13,15,19,21H,5-6,9-10,12,14,16-17H2,1H3,(H2,24,26,27). The van der Waals surface area contributed by atoms with Gasteiger partial charge in [0.1, 0.15) is 6.10 Å². The van der Waals surface area contributed by atoms with Crippen molar-refractivity contribution in [2.45, 2.75) is 50.8 Å². The van der Waals surface area contributed by atoms with Gasteiger partial charge >= 0.3 is 0 Å². The van der Waals surface area contributed by atoms with Crippen LogP contribution in [0.2, 0.25) is 0 Å². The Kier molecular flexibility index (Phi) is 6.49. The molecule has 0 spiro atoms. The van der Waals surface area contributed by atoms with E-state index in [0.29, 0.717) is 18.7 Å². The number of nitrogens with one attached hydrogen (secondary N) is 2. The summed E-state index contributed by atoms with van der Waals surface area (Å²) in [5, 5.41) is 6.98. The molecule has 0 radical (unpaired) electrons. The van der Waals surface area contributed by atoms with Gasteiger partial charge in [0.2, 0.25) is 5.88 Å². The van der Waals surface area contributed by atoms with Gasteiger partial charge in [-0.05, 0) is 55.9 Å². The maximum atomic E-state index is 6.02. The number of hydrogen-bond donors (Lipinski definition) is 2. The van der Waals surface area contributed by atoms with Crippen LogP contribution in [-0.4, -0.2) is 43.2 Å². The molecule has 2 aliphatic rings. The third-order valence-electron chi connectivity index (χ3n) is 5.72. The van der Waals surface area contributed by atoms with Crippen molar-refractivity contribution in [1.82, 2.24) is 15.6 Å². The molecule has 1 atom stereocenters. The molecule has 1 aliphatic carbocycles. The zero-order valence-corrected chi connectivity index (χ0v) is 17.2. The monoisotopic (exact) mass is 393 g/mol. The number of rotatable bonds is 6. The van der Waals surface area contributed by atoms with Gasteiger partial charge in [-0.1, -0.05) is 18.2 Å². The van der Waals surface area contributed by atoms with Crippen LogP contribution in [0.3, 0.4) is 0 Å². The molecule has 1 aromatic heterocycles. The van der Waals surface area contributed by atoms with Crippen molar-refractivity contribution in [2.24, 2.45) is 4.99 Å². The summed E-state index contributed by atoms with van der Waals surface area (Å²) < 4.78 is 6.02. The van der Waals surface area contributed by atoms with Gasteiger partial charge in [-0.25, -0.2) is 4.98 Å². The van der Waals surface area contributed by atoms with Gasteiger partial charge in [-0.3, -0.25) is 4.99 Å². The van der Waals surface area contributed by atoms with Crippen molar-refractivity contribution in [3.8, 4) is 5.88 Å². The fourth-order valence-corrected chi connectivity index (χ4v) is 4.13. The molecule has 1 unspecified atom stereocenters. The summed E-state index contributed by atoms with van der Waals surface area (Å²) in [5.41, 5.74) is 2.43. The van der Waals surface area contributed by atoms with Crippen molar-refractivity contribution in [3.05, 3.63) is 54.2 Å². The Morgan fingerprint density at radius 3 is 2.79 bits per heavy atom. The summed E-state index contributed by atoms with van der Waals surface area (Å²) in [6.45, 7) is 2.74. The van der Waals surface area contributed by atoms with E-state index < -0.39 is 0 Å². The highest BCUT2D eigenvalue weighted by Gasteiger charge is 2.23. The normalized spacial score (nSPS) is 20.1. The largest absolute Gasteiger partial charge is 0.474 e. The lowest BCUT2D eigenvalue weighted by Gasteiger charge is -2.20. The quantitative estimate of drug-likeness (QED) is 0.582. The van der Waals surface area contributed by atoms with Crippen molar-refractivity contribution < 1.29 is 4.74 Å². The van der Waals surface area contributed by atoms with Crippen LogP contribution >= 0.6 is 0 Å². The Morgan fingerprint density at radius 1 is 1.17 bits per heavy atom. The second-order valence-electron chi connectivity index (χ2n) is 7.86. The van der Waals surface area contributed by atoms with Crippen LogP contribution in [0.5, 0.6) is 5.88 Å². The van der Waals surface area contributed by atoms with Crippen LogP contribution in [-0.2, 0) is 6.54 Å². The van der Waals surface area contributed by atoms with Crippen LogP contribution < -0.4 is 20.3 Å². The first kappa shape index (κ1) is 19.6. The summed E-state index contributed by atoms with van der Waals surface area (Å²) in [5.74, 6) is 1.56. The van der Waals surface area contributed by atoms with Crippen LogP contribution in [0.25, 0.3) is 0 Å². The fraction of sp³-hybridized carbons (Fsp3) is 0.478. The minimum Gasteiger partial charge on any atom is -0.474 e. The predicted octanol–water partition coefficient (Wildman–Crippen LogP) is 3.35. The molecule has 6 heteroatoms. The van der Waals surface area contributed by atoms with Crippen LogP contribution in [0.15, 0.2) is 53.7 Å². The SMILES string of the molecule is CN=C(NCc1ccnc(OC2CCCC2)c1)NC1CCN(c2ccccc2)C1. The molecule has 1 saturated carbocycles. The average Bonchev–Trinajstić information content (AvgIpc) is 3.44. The van der Waals surface area contributed by atoms with Gasteiger partial charge in [0.05, 0.1) is 0 Å². The molecule has 0 amide bonds. The Hall–Kier alpha value is -2.76. The number of benzene rings is 1. The maximum Gasteiger partial charge on any atom is 0.213 e. The third-order valence-corrected chi connectivity index (χ3v) is 5.72. The van der Waals surface area contributed by atoms with Crippen LogP contribution in [0, 0.1) is 0 Å². The minimum absolute atomic E-state index is 0.329. The lowest BCUT2D eigenvalue weighted by Crippen LogP contribution is -2.44. The van der Waals surface area contributed by atoms with Crippen LogP contribution in [0.1, 0.15) is 37.7 Å². The Morgan fingerprint density at radius 2 is 2.00 bits per heavy atom. The number of aromatic nitrogens is 1. The fourth-order valence-electron chi connectivity index (χ4n) is 4.13. The van der Waals surface area contributed by atoms with E-state index in [1.165, 1.54) is 18.5 Å². The number of hydrogen-bond acceptors (Lipinski definition) is 4. The van der Waals surface area contributed by atoms with Gasteiger partial charge in [0.15, 0.2) is 5.96 Å². The molecule has 2 N–H and O–H groups in total. The molecule has 6 nitrogen and oxygen atoms in total. The lowest BCUT2D eigenvalue weighted by molar-refractivity contribution is 0.201. The minimum atomic E-state index is 0.329. The average molecular weight is 394 g/mol. The van der Waals surface area contributed by atoms with Gasteiger partial charge in [-0.2, -0.15) is 0 Å². The molecule has 154 valence electrons. The molecule has 1 saturated heterocycles. The number of aliphatic imine (C=N–C) groups is 1. The van der Waals surface area contributed by atoms with E-state index >= 15 is 0 Å². The van der Waals surface area contributed by atoms with Crippen molar-refractivity contribution in [3.63, 3.8) is 0 Å². The first-order valence-corrected chi connectivity index (χ1v) is 10.7. The number of para-hydroxylation sites is 1. The lowest BCUT2D eigenvalue weighted by atomic mass is 10.2. The third kappa shape index (κ3) is 5.40. The zero-order valence-electron chi connectivity index (χ0n) is 17.2. The molecule has 2 aromatic rings. The zero-order chi connectivity index (χ0) is 19.9. The highest BCUT2D eigenvalue weighted by molar-refractivity contribution is 5.80. The van der Waals surface area contributed by atoms with E-state index in [2.05, 4.69) is 55.8 Å². The molecular formula is C23H31N5O. The molecule has 2 heterocycles. The summed E-state index contributed by atoms with van der Waals surface area (Å²) in [4.78, 5) is 11.2. The Bertz CT molecular complexity index is 804. The number of ether oxygens (including phenoxy) is 1. The van der Waals surface area contributed by atoms with Crippen molar-refractivity contribution in [1.29, 1.82) is 0 Å². The summed E-state index contributed by atoms with van der Waals surface area (Å²) >= 11 is 0. The van der Waals surface area contributed by atoms with Crippen molar-refractivity contribution >= 4 is 11.6 Å². The molecular weight excluding hydrogens is 362 g/mol. The first-order chi connectivity index (χ1) is 14.3. The molecule has 1 aliphatic heterocycles. The summed E-state index contributed by atoms with van der Waals surface area (Å²) in [6.07, 6.45) is 8.06. The molecule has 29 heavy (non-hydrogen) atoms. The second kappa shape index (κ2) is 9.63. The molecule has 1 aromatic carbocycles.